The maximum atomic E-state index is 6.17. The third-order valence-corrected chi connectivity index (χ3v) is 14.1. The number of furan rings is 1. The Morgan fingerprint density at radius 2 is 0.821 bits per heavy atom. The van der Waals surface area contributed by atoms with Crippen LogP contribution in [-0.4, -0.2) is 0 Å². The van der Waals surface area contributed by atoms with E-state index < -0.39 is 0 Å². The second-order valence-electron chi connectivity index (χ2n) is 17.1. The summed E-state index contributed by atoms with van der Waals surface area (Å²) in [6, 6.07) is 40.6. The Labute approximate surface area is 330 Å². The number of fused-ring (bicyclic) bond motifs is 8. The summed E-state index contributed by atoms with van der Waals surface area (Å²) in [7, 11) is 0. The minimum absolute atomic E-state index is 0.0386. The highest BCUT2D eigenvalue weighted by atomic mass is 16.3. The Bertz CT molecular complexity index is 3080. The average Bonchev–Trinajstić information content (AvgIpc) is 3.70. The Kier molecular flexibility index (Phi) is 7.43. The zero-order valence-electron chi connectivity index (χ0n) is 34.3. The summed E-state index contributed by atoms with van der Waals surface area (Å²) in [5, 5.41) is 7.82. The van der Waals surface area contributed by atoms with Crippen LogP contribution in [0.15, 0.2) is 114 Å². The van der Waals surface area contributed by atoms with Crippen LogP contribution in [0.1, 0.15) is 69.5 Å². The zero-order chi connectivity index (χ0) is 38.9. The fourth-order valence-electron chi connectivity index (χ4n) is 10.3. The monoisotopic (exact) mass is 724 g/mol. The van der Waals surface area contributed by atoms with Crippen molar-refractivity contribution >= 4 is 43.5 Å². The summed E-state index contributed by atoms with van der Waals surface area (Å²) in [5.41, 5.74) is 26.0. The van der Waals surface area contributed by atoms with Gasteiger partial charge in [0.1, 0.15) is 11.2 Å². The highest BCUT2D eigenvalue weighted by molar-refractivity contribution is 6.25. The summed E-state index contributed by atoms with van der Waals surface area (Å²) in [4.78, 5) is 0. The lowest BCUT2D eigenvalue weighted by atomic mass is 9.76. The van der Waals surface area contributed by atoms with Crippen LogP contribution in [0.4, 0.5) is 0 Å². The first kappa shape index (κ1) is 34.6. The van der Waals surface area contributed by atoms with Gasteiger partial charge in [0, 0.05) is 16.2 Å². The van der Waals surface area contributed by atoms with Gasteiger partial charge in [-0.1, -0.05) is 98.8 Å². The Morgan fingerprint density at radius 1 is 0.357 bits per heavy atom. The normalized spacial score (nSPS) is 13.3. The molecule has 0 spiro atoms. The Hall–Kier alpha value is -5.92. The Balaban J connectivity index is 1.28. The van der Waals surface area contributed by atoms with Gasteiger partial charge in [0.2, 0.25) is 0 Å². The van der Waals surface area contributed by atoms with Crippen LogP contribution in [0.3, 0.4) is 0 Å². The highest BCUT2D eigenvalue weighted by Crippen LogP contribution is 2.54. The lowest BCUT2D eigenvalue weighted by molar-refractivity contribution is 0.660. The lowest BCUT2D eigenvalue weighted by Crippen LogP contribution is -2.14. The van der Waals surface area contributed by atoms with Gasteiger partial charge in [0.15, 0.2) is 0 Å². The smallest absolute Gasteiger partial charge is 0.135 e. The number of aryl methyl sites for hydroxylation is 4. The molecule has 274 valence electrons. The van der Waals surface area contributed by atoms with E-state index in [9.17, 15) is 0 Å². The largest absolute Gasteiger partial charge is 0.456 e. The van der Waals surface area contributed by atoms with Crippen molar-refractivity contribution in [3.05, 3.63) is 165 Å². The first-order chi connectivity index (χ1) is 26.9. The van der Waals surface area contributed by atoms with Crippen molar-refractivity contribution in [3.63, 3.8) is 0 Å². The van der Waals surface area contributed by atoms with Gasteiger partial charge in [0.05, 0.1) is 0 Å². The van der Waals surface area contributed by atoms with Crippen molar-refractivity contribution < 1.29 is 4.42 Å². The van der Waals surface area contributed by atoms with Crippen LogP contribution >= 0.6 is 0 Å². The molecular formula is C55H48O. The van der Waals surface area contributed by atoms with Crippen molar-refractivity contribution in [1.82, 2.24) is 0 Å². The molecule has 8 aromatic carbocycles. The molecule has 1 heterocycles. The van der Waals surface area contributed by atoms with Gasteiger partial charge in [-0.25, -0.2) is 0 Å². The number of hydrogen-bond donors (Lipinski definition) is 0. The topological polar surface area (TPSA) is 13.1 Å². The molecule has 0 amide bonds. The summed E-state index contributed by atoms with van der Waals surface area (Å²) in [5.74, 6) is 0. The number of benzene rings is 8. The molecular weight excluding hydrogens is 677 g/mol. The van der Waals surface area contributed by atoms with E-state index >= 15 is 0 Å². The van der Waals surface area contributed by atoms with E-state index in [4.69, 9.17) is 4.42 Å². The number of para-hydroxylation sites is 1. The standard InChI is InChI=1S/C55H48O/c1-29-31(3)35(7)51-49(33(29)5)53(38-21-19-37(20-22-38)39-24-26-48-44(27-39)42-16-12-14-18-47(42)56-48)50-34(6)30(2)32(4)36(8)52(50)54(51)40-23-25-46-43(28-40)41-15-11-13-17-45(41)55(46,9)10/h11-28H,1-10H3. The molecule has 0 fully saturated rings. The predicted octanol–water partition coefficient (Wildman–Crippen LogP) is 15.7. The quantitative estimate of drug-likeness (QED) is 0.165. The van der Waals surface area contributed by atoms with E-state index in [0.717, 1.165) is 21.9 Å². The van der Waals surface area contributed by atoms with Crippen LogP contribution in [-0.2, 0) is 5.41 Å². The van der Waals surface area contributed by atoms with E-state index in [-0.39, 0.29) is 5.41 Å². The molecule has 0 saturated heterocycles. The third-order valence-electron chi connectivity index (χ3n) is 14.1. The van der Waals surface area contributed by atoms with Crippen LogP contribution in [0.5, 0.6) is 0 Å². The molecule has 0 aliphatic heterocycles. The van der Waals surface area contributed by atoms with Gasteiger partial charge >= 0.3 is 0 Å². The van der Waals surface area contributed by atoms with Crippen LogP contribution in [0, 0.1) is 55.4 Å². The second kappa shape index (κ2) is 12.0. The van der Waals surface area contributed by atoms with E-state index in [1.165, 1.54) is 122 Å². The molecule has 0 saturated carbocycles. The molecule has 0 unspecified atom stereocenters. The highest BCUT2D eigenvalue weighted by Gasteiger charge is 2.36. The first-order valence-corrected chi connectivity index (χ1v) is 20.1. The van der Waals surface area contributed by atoms with Crippen LogP contribution < -0.4 is 0 Å². The SMILES string of the molecule is Cc1c(C)c(C)c2c(-c3ccc4c(c3)-c3ccccc3C4(C)C)c3c(C)c(C)c(C)c(C)c3c(-c3ccc(-c4ccc5oc6ccccc6c5c4)cc3)c2c1C. The molecule has 0 N–H and O–H groups in total. The zero-order valence-corrected chi connectivity index (χ0v) is 34.3. The minimum atomic E-state index is -0.0386. The van der Waals surface area contributed by atoms with Crippen molar-refractivity contribution in [2.75, 3.05) is 0 Å². The molecule has 0 radical (unpaired) electrons. The molecule has 1 aliphatic rings. The predicted molar refractivity (Wildman–Crippen MR) is 240 cm³/mol. The van der Waals surface area contributed by atoms with E-state index in [1.807, 2.05) is 12.1 Å². The molecule has 1 aliphatic carbocycles. The molecule has 0 atom stereocenters. The maximum Gasteiger partial charge on any atom is 0.135 e. The van der Waals surface area contributed by atoms with E-state index in [2.05, 4.69) is 166 Å². The fraction of sp³-hybridized carbons (Fsp3) is 0.200. The van der Waals surface area contributed by atoms with E-state index in [0.29, 0.717) is 0 Å². The molecule has 56 heavy (non-hydrogen) atoms. The summed E-state index contributed by atoms with van der Waals surface area (Å²) in [6.45, 7) is 23.4. The summed E-state index contributed by atoms with van der Waals surface area (Å²) < 4.78 is 6.17. The third kappa shape index (κ3) is 4.61. The van der Waals surface area contributed by atoms with Gasteiger partial charge in [-0.3, -0.25) is 0 Å². The van der Waals surface area contributed by atoms with Gasteiger partial charge < -0.3 is 4.42 Å². The fourth-order valence-corrected chi connectivity index (χ4v) is 10.3. The second-order valence-corrected chi connectivity index (χ2v) is 17.1. The summed E-state index contributed by atoms with van der Waals surface area (Å²) in [6.07, 6.45) is 0. The van der Waals surface area contributed by atoms with Crippen molar-refractivity contribution in [3.8, 4) is 44.5 Å². The number of rotatable bonds is 3. The average molecular weight is 725 g/mol. The van der Waals surface area contributed by atoms with Gasteiger partial charge in [0.25, 0.3) is 0 Å². The van der Waals surface area contributed by atoms with Gasteiger partial charge in [-0.05, 0) is 201 Å². The Morgan fingerprint density at radius 3 is 1.45 bits per heavy atom. The molecule has 1 aromatic heterocycles. The minimum Gasteiger partial charge on any atom is -0.456 e. The van der Waals surface area contributed by atoms with Crippen molar-refractivity contribution in [2.45, 2.75) is 74.7 Å². The van der Waals surface area contributed by atoms with E-state index in [1.54, 1.807) is 0 Å². The van der Waals surface area contributed by atoms with Crippen molar-refractivity contribution in [1.29, 1.82) is 0 Å². The van der Waals surface area contributed by atoms with Crippen molar-refractivity contribution in [2.24, 2.45) is 0 Å². The summed E-state index contributed by atoms with van der Waals surface area (Å²) >= 11 is 0. The van der Waals surface area contributed by atoms with Crippen LogP contribution in [0.25, 0.3) is 88.0 Å². The first-order valence-electron chi connectivity index (χ1n) is 20.1. The molecule has 9 aromatic rings. The van der Waals surface area contributed by atoms with Gasteiger partial charge in [-0.15, -0.1) is 0 Å². The molecule has 10 rings (SSSR count). The molecule has 0 bridgehead atoms. The molecule has 1 nitrogen and oxygen atoms in total. The lowest BCUT2D eigenvalue weighted by Gasteiger charge is -2.27. The molecule has 1 heteroatoms. The number of hydrogen-bond acceptors (Lipinski definition) is 1. The van der Waals surface area contributed by atoms with Crippen LogP contribution in [0.2, 0.25) is 0 Å². The van der Waals surface area contributed by atoms with Gasteiger partial charge in [-0.2, -0.15) is 0 Å². The maximum absolute atomic E-state index is 6.17.